The van der Waals surface area contributed by atoms with Crippen molar-refractivity contribution in [3.63, 3.8) is 0 Å². The van der Waals surface area contributed by atoms with Gasteiger partial charge in [-0.2, -0.15) is 0 Å². The molecule has 118 valence electrons. The normalized spacial score (nSPS) is 33.1. The summed E-state index contributed by atoms with van der Waals surface area (Å²) in [4.78, 5) is 5.40. The Morgan fingerprint density at radius 1 is 1.32 bits per heavy atom. The third kappa shape index (κ3) is 2.35. The van der Waals surface area contributed by atoms with Gasteiger partial charge in [-0.15, -0.1) is 0 Å². The van der Waals surface area contributed by atoms with E-state index in [1.54, 1.807) is 12.3 Å². The van der Waals surface area contributed by atoms with E-state index in [4.69, 9.17) is 5.41 Å². The molecule has 3 atom stereocenters. The van der Waals surface area contributed by atoms with Crippen LogP contribution in [-0.2, 0) is 0 Å². The summed E-state index contributed by atoms with van der Waals surface area (Å²) in [6.07, 6.45) is 7.03. The predicted octanol–water partition coefficient (Wildman–Crippen LogP) is 2.56. The highest BCUT2D eigenvalue weighted by atomic mass is 19.3. The van der Waals surface area contributed by atoms with Gasteiger partial charge < -0.3 is 20.6 Å². The van der Waals surface area contributed by atoms with Crippen LogP contribution in [0.15, 0.2) is 18.3 Å². The molecule has 4 nitrogen and oxygen atoms in total. The van der Waals surface area contributed by atoms with Crippen molar-refractivity contribution >= 4 is 11.9 Å². The highest BCUT2D eigenvalue weighted by Crippen LogP contribution is 2.55. The van der Waals surface area contributed by atoms with Gasteiger partial charge in [0, 0.05) is 44.0 Å². The van der Waals surface area contributed by atoms with Gasteiger partial charge in [-0.05, 0) is 30.5 Å². The number of nitrogens with one attached hydrogen (secondary N) is 3. The number of halogens is 2. The van der Waals surface area contributed by atoms with Gasteiger partial charge >= 0.3 is 0 Å². The first-order valence-electron chi connectivity index (χ1n) is 7.85. The van der Waals surface area contributed by atoms with E-state index in [1.165, 1.54) is 19.1 Å². The van der Waals surface area contributed by atoms with Gasteiger partial charge in [0.2, 0.25) is 0 Å². The average molecular weight is 306 g/mol. The zero-order valence-electron chi connectivity index (χ0n) is 12.3. The molecule has 2 bridgehead atoms. The first-order valence-corrected chi connectivity index (χ1v) is 7.85. The van der Waals surface area contributed by atoms with Gasteiger partial charge in [-0.1, -0.05) is 0 Å². The second kappa shape index (κ2) is 4.91. The lowest BCUT2D eigenvalue weighted by atomic mass is 10.1. The number of hydrogen-bond acceptors (Lipinski definition) is 3. The summed E-state index contributed by atoms with van der Waals surface area (Å²) in [5, 5.41) is 11.0. The number of rotatable bonds is 4. The number of H-pyrrole nitrogens is 1. The van der Waals surface area contributed by atoms with Crippen LogP contribution >= 0.6 is 0 Å². The van der Waals surface area contributed by atoms with Crippen molar-refractivity contribution in [2.24, 2.45) is 0 Å². The summed E-state index contributed by atoms with van der Waals surface area (Å²) in [6, 6.07) is 2.82. The maximum atomic E-state index is 13.2. The largest absolute Gasteiger partial charge is 0.367 e. The molecule has 2 aliphatic heterocycles. The molecule has 3 aliphatic rings. The fourth-order valence-corrected chi connectivity index (χ4v) is 3.77. The SMILES string of the molecule is N=C/C=C(\c1cc(C2CC2(F)F)c[nH]1)N1CC2CCC(C1)N2. The van der Waals surface area contributed by atoms with E-state index >= 15 is 0 Å². The maximum absolute atomic E-state index is 13.2. The van der Waals surface area contributed by atoms with E-state index in [0.29, 0.717) is 17.6 Å². The second-order valence-corrected chi connectivity index (χ2v) is 6.63. The quantitative estimate of drug-likeness (QED) is 0.749. The minimum Gasteiger partial charge on any atom is -0.367 e. The number of allylic oxidation sites excluding steroid dienone is 1. The van der Waals surface area contributed by atoms with Crippen LogP contribution in [0.2, 0.25) is 0 Å². The molecule has 6 heteroatoms. The van der Waals surface area contributed by atoms with Crippen LogP contribution in [0.1, 0.15) is 36.4 Å². The summed E-state index contributed by atoms with van der Waals surface area (Å²) in [5.74, 6) is -3.18. The molecule has 3 fully saturated rings. The average Bonchev–Trinajstić information content (AvgIpc) is 2.85. The number of aromatic amines is 1. The molecule has 0 aromatic carbocycles. The molecule has 3 N–H and O–H groups in total. The van der Waals surface area contributed by atoms with Crippen molar-refractivity contribution in [2.45, 2.75) is 43.2 Å². The third-order valence-corrected chi connectivity index (χ3v) is 5.01. The van der Waals surface area contributed by atoms with Crippen LogP contribution in [0, 0.1) is 5.41 Å². The summed E-state index contributed by atoms with van der Waals surface area (Å²) in [5.41, 5.74) is 2.44. The summed E-state index contributed by atoms with van der Waals surface area (Å²) < 4.78 is 26.4. The topological polar surface area (TPSA) is 54.9 Å². The molecule has 22 heavy (non-hydrogen) atoms. The van der Waals surface area contributed by atoms with E-state index in [-0.39, 0.29) is 6.42 Å². The van der Waals surface area contributed by atoms with Crippen molar-refractivity contribution in [3.05, 3.63) is 29.6 Å². The number of fused-ring (bicyclic) bond motifs is 2. The summed E-state index contributed by atoms with van der Waals surface area (Å²) in [7, 11) is 0. The molecule has 2 saturated heterocycles. The second-order valence-electron chi connectivity index (χ2n) is 6.63. The van der Waals surface area contributed by atoms with Gasteiger partial charge in [0.25, 0.3) is 5.92 Å². The third-order valence-electron chi connectivity index (χ3n) is 5.01. The number of nitrogens with zero attached hydrogens (tertiary/aromatic N) is 1. The molecule has 0 amide bonds. The van der Waals surface area contributed by atoms with Crippen molar-refractivity contribution in [3.8, 4) is 0 Å². The van der Waals surface area contributed by atoms with E-state index in [9.17, 15) is 8.78 Å². The number of aromatic nitrogens is 1. The number of hydrogen-bond donors (Lipinski definition) is 3. The molecule has 3 unspecified atom stereocenters. The molecule has 1 aliphatic carbocycles. The van der Waals surface area contributed by atoms with Gasteiger partial charge in [-0.3, -0.25) is 0 Å². The predicted molar refractivity (Wildman–Crippen MR) is 81.4 cm³/mol. The smallest absolute Gasteiger partial charge is 0.255 e. The van der Waals surface area contributed by atoms with E-state index in [0.717, 1.165) is 24.5 Å². The Morgan fingerprint density at radius 2 is 2.00 bits per heavy atom. The molecule has 4 rings (SSSR count). The molecule has 0 radical (unpaired) electrons. The van der Waals surface area contributed by atoms with Crippen LogP contribution in [0.5, 0.6) is 0 Å². The molecular weight excluding hydrogens is 286 g/mol. The highest BCUT2D eigenvalue weighted by molar-refractivity contribution is 5.81. The van der Waals surface area contributed by atoms with Crippen LogP contribution in [0.25, 0.3) is 5.70 Å². The molecule has 1 aromatic heterocycles. The van der Waals surface area contributed by atoms with Gasteiger partial charge in [-0.25, -0.2) is 8.78 Å². The number of piperazine rings is 1. The Balaban J connectivity index is 1.58. The van der Waals surface area contributed by atoms with Crippen molar-refractivity contribution in [2.75, 3.05) is 13.1 Å². The van der Waals surface area contributed by atoms with Crippen LogP contribution in [0.3, 0.4) is 0 Å². The Labute approximate surface area is 128 Å². The Morgan fingerprint density at radius 3 is 2.59 bits per heavy atom. The molecule has 0 spiro atoms. The van der Waals surface area contributed by atoms with Gasteiger partial charge in [0.05, 0.1) is 17.3 Å². The van der Waals surface area contributed by atoms with Crippen molar-refractivity contribution in [1.29, 1.82) is 5.41 Å². The van der Waals surface area contributed by atoms with Gasteiger partial charge in [0.1, 0.15) is 0 Å². The monoisotopic (exact) mass is 306 g/mol. The number of likely N-dealkylation sites (tertiary alicyclic amines) is 1. The molecular formula is C16H20F2N4. The van der Waals surface area contributed by atoms with E-state index in [1.807, 2.05) is 6.07 Å². The summed E-state index contributed by atoms with van der Waals surface area (Å²) >= 11 is 0. The fourth-order valence-electron chi connectivity index (χ4n) is 3.77. The van der Waals surface area contributed by atoms with Crippen LogP contribution in [-0.4, -0.2) is 47.2 Å². The Kier molecular flexibility index (Phi) is 3.11. The van der Waals surface area contributed by atoms with Crippen molar-refractivity contribution < 1.29 is 8.78 Å². The van der Waals surface area contributed by atoms with E-state index in [2.05, 4.69) is 15.2 Å². The lowest BCUT2D eigenvalue weighted by molar-refractivity contribution is 0.112. The zero-order chi connectivity index (χ0) is 15.3. The summed E-state index contributed by atoms with van der Waals surface area (Å²) in [6.45, 7) is 1.81. The Bertz CT molecular complexity index is 609. The van der Waals surface area contributed by atoms with E-state index < -0.39 is 11.8 Å². The van der Waals surface area contributed by atoms with Crippen LogP contribution in [0.4, 0.5) is 8.78 Å². The zero-order valence-corrected chi connectivity index (χ0v) is 12.3. The lowest BCUT2D eigenvalue weighted by Crippen LogP contribution is -2.50. The highest BCUT2D eigenvalue weighted by Gasteiger charge is 2.57. The Hall–Kier alpha value is -1.69. The minimum atomic E-state index is -2.54. The fraction of sp³-hybridized carbons (Fsp3) is 0.562. The number of alkyl halides is 2. The first-order chi connectivity index (χ1) is 10.6. The lowest BCUT2D eigenvalue weighted by Gasteiger charge is -2.35. The molecule has 1 aromatic rings. The van der Waals surface area contributed by atoms with Crippen molar-refractivity contribution in [1.82, 2.24) is 15.2 Å². The first kappa shape index (κ1) is 13.9. The standard InChI is InChI=1S/C16H20F2N4/c17-16(18)6-13(16)10-5-14(20-7-10)15(3-4-19)22-8-11-1-2-12(9-22)21-11/h3-5,7,11-13,19-21H,1-2,6,8-9H2/b15-3+,19-4?. The minimum absolute atomic E-state index is 0.0499. The maximum Gasteiger partial charge on any atom is 0.255 e. The molecule has 3 heterocycles. The molecule has 1 saturated carbocycles. The van der Waals surface area contributed by atoms with Crippen LogP contribution < -0.4 is 5.32 Å². The van der Waals surface area contributed by atoms with Gasteiger partial charge in [0.15, 0.2) is 0 Å².